The lowest BCUT2D eigenvalue weighted by Gasteiger charge is -2.24. The highest BCUT2D eigenvalue weighted by atomic mass is 16.5. The SMILES string of the molecule is CCOC(=O)[C@H](Cc1ccc(NC(=O)c2ccccc2)cc1)N1C(=O)c2ccccc2C1=O. The van der Waals surface area contributed by atoms with Crippen molar-refractivity contribution in [2.45, 2.75) is 19.4 Å². The second-order valence-electron chi connectivity index (χ2n) is 7.51. The Morgan fingerprint density at radius 3 is 2.00 bits per heavy atom. The van der Waals surface area contributed by atoms with Crippen LogP contribution in [0.15, 0.2) is 78.9 Å². The first kappa shape index (κ1) is 22.0. The van der Waals surface area contributed by atoms with Gasteiger partial charge >= 0.3 is 5.97 Å². The maximum Gasteiger partial charge on any atom is 0.329 e. The molecular weight excluding hydrogens is 420 g/mol. The van der Waals surface area contributed by atoms with E-state index in [0.717, 1.165) is 4.90 Å². The maximum atomic E-state index is 12.9. The molecule has 0 saturated carbocycles. The molecule has 0 unspecified atom stereocenters. The van der Waals surface area contributed by atoms with Crippen molar-refractivity contribution in [1.82, 2.24) is 4.90 Å². The maximum absolute atomic E-state index is 12.9. The summed E-state index contributed by atoms with van der Waals surface area (Å²) in [5.41, 5.74) is 2.38. The predicted octanol–water partition coefficient (Wildman–Crippen LogP) is 3.71. The van der Waals surface area contributed by atoms with Crippen LogP contribution in [-0.2, 0) is 16.0 Å². The van der Waals surface area contributed by atoms with Crippen molar-refractivity contribution in [1.29, 1.82) is 0 Å². The molecule has 0 spiro atoms. The predicted molar refractivity (Wildman–Crippen MR) is 122 cm³/mol. The van der Waals surface area contributed by atoms with Gasteiger partial charge in [0.1, 0.15) is 6.04 Å². The molecule has 7 nitrogen and oxygen atoms in total. The highest BCUT2D eigenvalue weighted by Gasteiger charge is 2.43. The molecule has 7 heteroatoms. The van der Waals surface area contributed by atoms with Crippen molar-refractivity contribution >= 4 is 29.4 Å². The molecule has 3 amide bonds. The van der Waals surface area contributed by atoms with Gasteiger partial charge in [-0.05, 0) is 48.9 Å². The van der Waals surface area contributed by atoms with Gasteiger partial charge in [0.05, 0.1) is 17.7 Å². The molecule has 1 heterocycles. The third-order valence-electron chi connectivity index (χ3n) is 5.37. The summed E-state index contributed by atoms with van der Waals surface area (Å²) in [7, 11) is 0. The standard InChI is InChI=1S/C26H22N2O5/c1-2-33-26(32)22(28-24(30)20-10-6-7-11-21(20)25(28)31)16-17-12-14-19(15-13-17)27-23(29)18-8-4-3-5-9-18/h3-15,22H,2,16H2,1H3,(H,27,29)/t22-/m0/s1. The summed E-state index contributed by atoms with van der Waals surface area (Å²) >= 11 is 0. The van der Waals surface area contributed by atoms with E-state index in [1.54, 1.807) is 79.7 Å². The van der Waals surface area contributed by atoms with Crippen molar-refractivity contribution in [2.24, 2.45) is 0 Å². The fourth-order valence-electron chi connectivity index (χ4n) is 3.75. The molecule has 1 aliphatic rings. The van der Waals surface area contributed by atoms with Crippen LogP contribution in [0.25, 0.3) is 0 Å². The zero-order chi connectivity index (χ0) is 23.4. The summed E-state index contributed by atoms with van der Waals surface area (Å²) < 4.78 is 5.17. The highest BCUT2D eigenvalue weighted by molar-refractivity contribution is 6.22. The number of amides is 3. The van der Waals surface area contributed by atoms with E-state index >= 15 is 0 Å². The fraction of sp³-hybridized carbons (Fsp3) is 0.154. The largest absolute Gasteiger partial charge is 0.464 e. The molecule has 0 saturated heterocycles. The Bertz CT molecular complexity index is 1170. The third kappa shape index (κ3) is 4.52. The van der Waals surface area contributed by atoms with Gasteiger partial charge in [0.25, 0.3) is 17.7 Å². The van der Waals surface area contributed by atoms with Crippen molar-refractivity contribution < 1.29 is 23.9 Å². The Kier molecular flexibility index (Phi) is 6.31. The lowest BCUT2D eigenvalue weighted by molar-refractivity contribution is -0.147. The van der Waals surface area contributed by atoms with Gasteiger partial charge in [-0.1, -0.05) is 42.5 Å². The number of carbonyl (C=O) groups is 4. The average Bonchev–Trinajstić information content (AvgIpc) is 3.09. The van der Waals surface area contributed by atoms with Crippen LogP contribution in [0.4, 0.5) is 5.69 Å². The Morgan fingerprint density at radius 1 is 0.848 bits per heavy atom. The van der Waals surface area contributed by atoms with Gasteiger partial charge < -0.3 is 10.1 Å². The number of nitrogens with zero attached hydrogens (tertiary/aromatic N) is 1. The Morgan fingerprint density at radius 2 is 1.42 bits per heavy atom. The fourth-order valence-corrected chi connectivity index (χ4v) is 3.75. The Hall–Kier alpha value is -4.26. The van der Waals surface area contributed by atoms with Gasteiger partial charge in [-0.2, -0.15) is 0 Å². The molecule has 3 aromatic rings. The average molecular weight is 442 g/mol. The summed E-state index contributed by atoms with van der Waals surface area (Å²) in [6.07, 6.45) is 0.0945. The zero-order valence-electron chi connectivity index (χ0n) is 18.0. The summed E-state index contributed by atoms with van der Waals surface area (Å²) in [6.45, 7) is 1.80. The van der Waals surface area contributed by atoms with E-state index in [9.17, 15) is 19.2 Å². The smallest absolute Gasteiger partial charge is 0.329 e. The topological polar surface area (TPSA) is 92.8 Å². The van der Waals surface area contributed by atoms with Crippen molar-refractivity contribution in [3.05, 3.63) is 101 Å². The first-order chi connectivity index (χ1) is 16.0. The van der Waals surface area contributed by atoms with E-state index < -0.39 is 23.8 Å². The van der Waals surface area contributed by atoms with E-state index in [1.165, 1.54) is 0 Å². The number of anilines is 1. The van der Waals surface area contributed by atoms with Gasteiger partial charge in [-0.15, -0.1) is 0 Å². The van der Waals surface area contributed by atoms with Gasteiger partial charge in [0, 0.05) is 17.7 Å². The molecule has 1 aliphatic heterocycles. The minimum Gasteiger partial charge on any atom is -0.464 e. The number of nitrogens with one attached hydrogen (secondary N) is 1. The molecule has 0 radical (unpaired) electrons. The van der Waals surface area contributed by atoms with Crippen LogP contribution in [0.2, 0.25) is 0 Å². The molecule has 0 bridgehead atoms. The minimum absolute atomic E-state index is 0.0945. The van der Waals surface area contributed by atoms with E-state index in [2.05, 4.69) is 5.32 Å². The molecule has 0 aromatic heterocycles. The molecule has 0 fully saturated rings. The number of ether oxygens (including phenoxy) is 1. The molecular formula is C26H22N2O5. The molecule has 166 valence electrons. The Balaban J connectivity index is 1.53. The number of carbonyl (C=O) groups excluding carboxylic acids is 4. The summed E-state index contributed by atoms with van der Waals surface area (Å²) in [6, 6.07) is 21.1. The first-order valence-corrected chi connectivity index (χ1v) is 10.6. The van der Waals surface area contributed by atoms with Crippen molar-refractivity contribution in [2.75, 3.05) is 11.9 Å². The van der Waals surface area contributed by atoms with Crippen LogP contribution >= 0.6 is 0 Å². The molecule has 1 N–H and O–H groups in total. The number of hydrogen-bond donors (Lipinski definition) is 1. The minimum atomic E-state index is -1.10. The highest BCUT2D eigenvalue weighted by Crippen LogP contribution is 2.27. The zero-order valence-corrected chi connectivity index (χ0v) is 18.0. The van der Waals surface area contributed by atoms with E-state index in [4.69, 9.17) is 4.74 Å². The first-order valence-electron chi connectivity index (χ1n) is 10.6. The van der Waals surface area contributed by atoms with Crippen molar-refractivity contribution in [3.8, 4) is 0 Å². The number of esters is 1. The number of hydrogen-bond acceptors (Lipinski definition) is 5. The molecule has 4 rings (SSSR count). The molecule has 1 atom stereocenters. The summed E-state index contributed by atoms with van der Waals surface area (Å²) in [5, 5.41) is 2.81. The van der Waals surface area contributed by atoms with Gasteiger partial charge in [0.15, 0.2) is 0 Å². The van der Waals surface area contributed by atoms with Crippen LogP contribution in [-0.4, -0.2) is 41.2 Å². The normalized spacial score (nSPS) is 13.4. The number of fused-ring (bicyclic) bond motifs is 1. The van der Waals surface area contributed by atoms with Crippen LogP contribution in [0, 0.1) is 0 Å². The van der Waals surface area contributed by atoms with Crippen LogP contribution in [0.1, 0.15) is 43.6 Å². The third-order valence-corrected chi connectivity index (χ3v) is 5.37. The lowest BCUT2D eigenvalue weighted by Crippen LogP contribution is -2.47. The van der Waals surface area contributed by atoms with Crippen molar-refractivity contribution in [3.63, 3.8) is 0 Å². The summed E-state index contributed by atoms with van der Waals surface area (Å²) in [4.78, 5) is 51.9. The molecule has 33 heavy (non-hydrogen) atoms. The van der Waals surface area contributed by atoms with E-state index in [-0.39, 0.29) is 30.1 Å². The van der Waals surface area contributed by atoms with E-state index in [0.29, 0.717) is 16.8 Å². The summed E-state index contributed by atoms with van der Waals surface area (Å²) in [5.74, 6) is -1.91. The second-order valence-corrected chi connectivity index (χ2v) is 7.51. The van der Waals surface area contributed by atoms with Gasteiger partial charge in [-0.25, -0.2) is 4.79 Å². The quantitative estimate of drug-likeness (QED) is 0.445. The Labute approximate surface area is 191 Å². The number of rotatable bonds is 7. The monoisotopic (exact) mass is 442 g/mol. The number of imide groups is 1. The van der Waals surface area contributed by atoms with Gasteiger partial charge in [0.2, 0.25) is 0 Å². The van der Waals surface area contributed by atoms with Gasteiger partial charge in [-0.3, -0.25) is 19.3 Å². The number of benzene rings is 3. The lowest BCUT2D eigenvalue weighted by atomic mass is 10.0. The molecule has 0 aliphatic carbocycles. The van der Waals surface area contributed by atoms with Crippen LogP contribution < -0.4 is 5.32 Å². The second kappa shape index (κ2) is 9.48. The van der Waals surface area contributed by atoms with E-state index in [1.807, 2.05) is 6.07 Å². The molecule has 3 aromatic carbocycles. The van der Waals surface area contributed by atoms with Crippen LogP contribution in [0.5, 0.6) is 0 Å². The van der Waals surface area contributed by atoms with Crippen LogP contribution in [0.3, 0.4) is 0 Å².